The van der Waals surface area contributed by atoms with Crippen molar-refractivity contribution in [3.05, 3.63) is 22.7 Å². The summed E-state index contributed by atoms with van der Waals surface area (Å²) in [6.45, 7) is 1.87. The molecule has 0 radical (unpaired) electrons. The molecule has 0 saturated heterocycles. The van der Waals surface area contributed by atoms with Crippen LogP contribution < -0.4 is 10.0 Å². The molecule has 0 fully saturated rings. The second-order valence-electron chi connectivity index (χ2n) is 5.05. The molecule has 0 aromatic heterocycles. The largest absolute Gasteiger partial charge is 0.393 e. The number of carbonyl (C=O) groups is 1. The summed E-state index contributed by atoms with van der Waals surface area (Å²) in [6, 6.07) is 2.87. The van der Waals surface area contributed by atoms with E-state index in [9.17, 15) is 13.2 Å². The van der Waals surface area contributed by atoms with Crippen molar-refractivity contribution in [1.29, 1.82) is 0 Å². The predicted molar refractivity (Wildman–Crippen MR) is 79.9 cm³/mol. The summed E-state index contributed by atoms with van der Waals surface area (Å²) in [6.07, 6.45) is 0.727. The van der Waals surface area contributed by atoms with Crippen LogP contribution in [0.3, 0.4) is 0 Å². The van der Waals surface area contributed by atoms with Gasteiger partial charge >= 0.3 is 0 Å². The molecule has 8 heteroatoms. The van der Waals surface area contributed by atoms with Gasteiger partial charge in [-0.1, -0.05) is 11.6 Å². The lowest BCUT2D eigenvalue weighted by atomic mass is 10.2. The fourth-order valence-electron chi connectivity index (χ4n) is 2.11. The van der Waals surface area contributed by atoms with Crippen molar-refractivity contribution >= 4 is 33.2 Å². The Morgan fingerprint density at radius 3 is 2.86 bits per heavy atom. The van der Waals surface area contributed by atoms with E-state index in [0.29, 0.717) is 24.1 Å². The van der Waals surface area contributed by atoms with E-state index in [1.165, 1.54) is 12.1 Å². The maximum atomic E-state index is 12.2. The van der Waals surface area contributed by atoms with Gasteiger partial charge in [-0.25, -0.2) is 13.1 Å². The van der Waals surface area contributed by atoms with Crippen molar-refractivity contribution in [2.24, 2.45) is 0 Å². The van der Waals surface area contributed by atoms with E-state index < -0.39 is 16.1 Å². The highest BCUT2D eigenvalue weighted by Gasteiger charge is 2.24. The van der Waals surface area contributed by atoms with Gasteiger partial charge in [0.25, 0.3) is 0 Å². The summed E-state index contributed by atoms with van der Waals surface area (Å²) in [5.41, 5.74) is 1.17. The number of halogens is 1. The van der Waals surface area contributed by atoms with Crippen LogP contribution >= 0.6 is 11.6 Å². The molecule has 1 unspecified atom stereocenters. The van der Waals surface area contributed by atoms with E-state index in [1.54, 1.807) is 6.92 Å². The van der Waals surface area contributed by atoms with Crippen LogP contribution in [-0.4, -0.2) is 32.1 Å². The highest BCUT2D eigenvalue weighted by atomic mass is 35.5. The van der Waals surface area contributed by atoms with Crippen LogP contribution in [0.5, 0.6) is 0 Å². The summed E-state index contributed by atoms with van der Waals surface area (Å²) in [7, 11) is -3.73. The zero-order chi connectivity index (χ0) is 15.6. The third-order valence-corrected chi connectivity index (χ3v) is 5.09. The van der Waals surface area contributed by atoms with Gasteiger partial charge in [0.1, 0.15) is 4.90 Å². The number of hydrogen-bond donors (Lipinski definition) is 3. The molecule has 0 aliphatic carbocycles. The Morgan fingerprint density at radius 2 is 2.19 bits per heavy atom. The van der Waals surface area contributed by atoms with Crippen molar-refractivity contribution in [1.82, 2.24) is 4.72 Å². The first kappa shape index (κ1) is 16.2. The average Bonchev–Trinajstić information content (AvgIpc) is 2.72. The minimum Gasteiger partial charge on any atom is -0.393 e. The molecule has 1 aliphatic heterocycles. The van der Waals surface area contributed by atoms with Gasteiger partial charge in [-0.3, -0.25) is 4.79 Å². The molecule has 1 heterocycles. The Hall–Kier alpha value is -1.15. The third kappa shape index (κ3) is 3.94. The summed E-state index contributed by atoms with van der Waals surface area (Å²) >= 11 is 5.99. The number of amides is 1. The van der Waals surface area contributed by atoms with Crippen LogP contribution in [0.2, 0.25) is 5.02 Å². The van der Waals surface area contributed by atoms with E-state index >= 15 is 0 Å². The molecule has 0 spiro atoms. The van der Waals surface area contributed by atoms with Crippen LogP contribution in [0.1, 0.15) is 25.3 Å². The number of aliphatic hydroxyl groups excluding tert-OH is 1. The van der Waals surface area contributed by atoms with E-state index in [-0.39, 0.29) is 28.8 Å². The molecule has 21 heavy (non-hydrogen) atoms. The minimum atomic E-state index is -3.73. The molecule has 6 nitrogen and oxygen atoms in total. The molecule has 0 bridgehead atoms. The van der Waals surface area contributed by atoms with Crippen molar-refractivity contribution in [3.8, 4) is 0 Å². The Balaban J connectivity index is 2.13. The summed E-state index contributed by atoms with van der Waals surface area (Å²) in [5.74, 6) is -0.180. The Morgan fingerprint density at radius 1 is 1.48 bits per heavy atom. The van der Waals surface area contributed by atoms with Gasteiger partial charge in [-0.15, -0.1) is 0 Å². The molecule has 3 N–H and O–H groups in total. The maximum absolute atomic E-state index is 12.2. The normalized spacial score (nSPS) is 15.7. The van der Waals surface area contributed by atoms with E-state index in [4.69, 9.17) is 16.7 Å². The molecular weight excluding hydrogens is 316 g/mol. The number of anilines is 1. The third-order valence-electron chi connectivity index (χ3n) is 3.16. The quantitative estimate of drug-likeness (QED) is 0.684. The minimum absolute atomic E-state index is 0.0311. The molecule has 1 aromatic carbocycles. The smallest absolute Gasteiger partial charge is 0.242 e. The van der Waals surface area contributed by atoms with Crippen molar-refractivity contribution in [2.45, 2.75) is 37.2 Å². The monoisotopic (exact) mass is 332 g/mol. The number of sulfonamides is 1. The topological polar surface area (TPSA) is 95.5 Å². The lowest BCUT2D eigenvalue weighted by Crippen LogP contribution is -2.25. The van der Waals surface area contributed by atoms with Crippen LogP contribution in [0, 0.1) is 0 Å². The van der Waals surface area contributed by atoms with Crippen LogP contribution in [0.15, 0.2) is 17.0 Å². The van der Waals surface area contributed by atoms with Crippen molar-refractivity contribution < 1.29 is 18.3 Å². The van der Waals surface area contributed by atoms with Gasteiger partial charge in [0, 0.05) is 12.2 Å². The Bertz CT molecular complexity index is 658. The summed E-state index contributed by atoms with van der Waals surface area (Å²) < 4.78 is 26.9. The number of fused-ring (bicyclic) bond motifs is 1. The van der Waals surface area contributed by atoms with Gasteiger partial charge in [0.15, 0.2) is 0 Å². The molecule has 1 aliphatic rings. The number of benzene rings is 1. The van der Waals surface area contributed by atoms with Crippen LogP contribution in [0.4, 0.5) is 5.69 Å². The number of hydrogen-bond acceptors (Lipinski definition) is 4. The first-order chi connectivity index (χ1) is 9.79. The molecule has 1 amide bonds. The standard InChI is InChI=1S/C13H17ClN2O4S/c1-8(17)3-2-4-15-21(19,20)12-5-9-6-13(18)16-11(9)7-10(12)14/h5,7-8,15,17H,2-4,6H2,1H3,(H,16,18). The zero-order valence-corrected chi connectivity index (χ0v) is 13.1. The SMILES string of the molecule is CC(O)CCCNS(=O)(=O)c1cc2c(cc1Cl)NC(=O)C2. The molecule has 2 rings (SSSR count). The van der Waals surface area contributed by atoms with Crippen LogP contribution in [-0.2, 0) is 21.2 Å². The van der Waals surface area contributed by atoms with Gasteiger partial charge in [-0.2, -0.15) is 0 Å². The fourth-order valence-corrected chi connectivity index (χ4v) is 3.76. The van der Waals surface area contributed by atoms with E-state index in [0.717, 1.165) is 0 Å². The molecule has 116 valence electrons. The highest BCUT2D eigenvalue weighted by molar-refractivity contribution is 7.89. The first-order valence-electron chi connectivity index (χ1n) is 6.59. The van der Waals surface area contributed by atoms with Gasteiger partial charge in [0.05, 0.1) is 17.5 Å². The number of aliphatic hydroxyl groups is 1. The Labute approximate surface area is 128 Å². The van der Waals surface area contributed by atoms with Crippen molar-refractivity contribution in [2.75, 3.05) is 11.9 Å². The average molecular weight is 333 g/mol. The number of rotatable bonds is 6. The number of nitrogens with one attached hydrogen (secondary N) is 2. The molecule has 1 aromatic rings. The lowest BCUT2D eigenvalue weighted by Gasteiger charge is -2.10. The maximum Gasteiger partial charge on any atom is 0.242 e. The number of carbonyl (C=O) groups excluding carboxylic acids is 1. The highest BCUT2D eigenvalue weighted by Crippen LogP contribution is 2.32. The van der Waals surface area contributed by atoms with Crippen LogP contribution in [0.25, 0.3) is 0 Å². The summed E-state index contributed by atoms with van der Waals surface area (Å²) in [5, 5.41) is 11.8. The summed E-state index contributed by atoms with van der Waals surface area (Å²) in [4.78, 5) is 11.3. The van der Waals surface area contributed by atoms with Crippen molar-refractivity contribution in [3.63, 3.8) is 0 Å². The molecule has 1 atom stereocenters. The van der Waals surface area contributed by atoms with E-state index in [1.807, 2.05) is 0 Å². The molecule has 0 saturated carbocycles. The van der Waals surface area contributed by atoms with Gasteiger partial charge < -0.3 is 10.4 Å². The second-order valence-corrected chi connectivity index (χ2v) is 7.20. The van der Waals surface area contributed by atoms with Gasteiger partial charge in [0.2, 0.25) is 15.9 Å². The van der Waals surface area contributed by atoms with Gasteiger partial charge in [-0.05, 0) is 37.5 Å². The Kier molecular flexibility index (Phi) is 4.88. The molecular formula is C13H17ClN2O4S. The lowest BCUT2D eigenvalue weighted by molar-refractivity contribution is -0.115. The fraction of sp³-hybridized carbons (Fsp3) is 0.462. The van der Waals surface area contributed by atoms with E-state index in [2.05, 4.69) is 10.0 Å². The first-order valence-corrected chi connectivity index (χ1v) is 8.45. The predicted octanol–water partition coefficient (Wildman–Crippen LogP) is 1.27. The second kappa shape index (κ2) is 6.31. The zero-order valence-electron chi connectivity index (χ0n) is 11.5.